The summed E-state index contributed by atoms with van der Waals surface area (Å²) in [5.41, 5.74) is 4.18. The summed E-state index contributed by atoms with van der Waals surface area (Å²) in [6, 6.07) is 40.1. The van der Waals surface area contributed by atoms with Gasteiger partial charge >= 0.3 is 0 Å². The fourth-order valence-corrected chi connectivity index (χ4v) is 5.21. The standard InChI is InChI=1S/C36H40O6/c1-27(37)33-35(40-24-30-18-10-4-11-19-30)36(41-25-31-20-12-5-13-21-31)34(39-23-29-16-8-3-9-17-29)32(42-33)26-38-22-28-14-6-2-7-15-28/h2-21,27,32-37H,22-26H2,1H3/t27?,32-,33+,34-,35-,36+/m1/s1. The smallest absolute Gasteiger partial charge is 0.116 e. The third kappa shape index (κ3) is 8.58. The Morgan fingerprint density at radius 2 is 0.929 bits per heavy atom. The van der Waals surface area contributed by atoms with Gasteiger partial charge in [-0.1, -0.05) is 121 Å². The highest BCUT2D eigenvalue weighted by atomic mass is 16.6. The molecule has 6 nitrogen and oxygen atoms in total. The van der Waals surface area contributed by atoms with Gasteiger partial charge in [-0.25, -0.2) is 0 Å². The maximum atomic E-state index is 10.9. The summed E-state index contributed by atoms with van der Waals surface area (Å²) in [6.07, 6.45) is -3.57. The average molecular weight is 569 g/mol. The van der Waals surface area contributed by atoms with Crippen molar-refractivity contribution in [3.63, 3.8) is 0 Å². The van der Waals surface area contributed by atoms with Crippen molar-refractivity contribution < 1.29 is 28.8 Å². The first-order chi connectivity index (χ1) is 20.7. The topological polar surface area (TPSA) is 66.4 Å². The molecule has 0 spiro atoms. The molecule has 4 aromatic rings. The van der Waals surface area contributed by atoms with E-state index >= 15 is 0 Å². The number of hydrogen-bond donors (Lipinski definition) is 1. The predicted octanol–water partition coefficient (Wildman–Crippen LogP) is 6.11. The summed E-state index contributed by atoms with van der Waals surface area (Å²) in [7, 11) is 0. The van der Waals surface area contributed by atoms with Crippen LogP contribution in [-0.4, -0.2) is 48.3 Å². The van der Waals surface area contributed by atoms with Crippen molar-refractivity contribution in [2.45, 2.75) is 70.0 Å². The molecule has 6 heteroatoms. The van der Waals surface area contributed by atoms with Gasteiger partial charge in [0.2, 0.25) is 0 Å². The Morgan fingerprint density at radius 3 is 1.36 bits per heavy atom. The number of benzene rings is 4. The van der Waals surface area contributed by atoms with Gasteiger partial charge in [0.15, 0.2) is 0 Å². The van der Waals surface area contributed by atoms with Crippen LogP contribution in [-0.2, 0) is 50.1 Å². The van der Waals surface area contributed by atoms with Crippen LogP contribution < -0.4 is 0 Å². The second kappa shape index (κ2) is 15.8. The van der Waals surface area contributed by atoms with E-state index in [2.05, 4.69) is 0 Å². The normalized spacial score (nSPS) is 23.0. The van der Waals surface area contributed by atoms with Crippen molar-refractivity contribution in [1.29, 1.82) is 0 Å². The molecule has 42 heavy (non-hydrogen) atoms. The molecule has 1 aliphatic rings. The third-order valence-corrected chi connectivity index (χ3v) is 7.39. The SMILES string of the molecule is CC(O)[C@@H]1O[C@H](COCc2ccccc2)[C@@H](OCc2ccccc2)[C@H](OCc2ccccc2)[C@@H]1OCc1ccccc1. The minimum Gasteiger partial charge on any atom is -0.391 e. The van der Waals surface area contributed by atoms with Crippen molar-refractivity contribution in [3.05, 3.63) is 144 Å². The monoisotopic (exact) mass is 568 g/mol. The van der Waals surface area contributed by atoms with Crippen molar-refractivity contribution >= 4 is 0 Å². The lowest BCUT2D eigenvalue weighted by Gasteiger charge is -2.47. The number of aliphatic hydroxyl groups is 1. The first kappa shape index (κ1) is 30.1. The Kier molecular flexibility index (Phi) is 11.3. The summed E-state index contributed by atoms with van der Waals surface area (Å²) < 4.78 is 32.5. The van der Waals surface area contributed by atoms with Gasteiger partial charge in [0.1, 0.15) is 30.5 Å². The molecule has 6 atom stereocenters. The second-order valence-electron chi connectivity index (χ2n) is 10.7. The quantitative estimate of drug-likeness (QED) is 0.198. The number of hydrogen-bond acceptors (Lipinski definition) is 6. The van der Waals surface area contributed by atoms with Crippen molar-refractivity contribution in [2.75, 3.05) is 6.61 Å². The number of aliphatic hydroxyl groups excluding tert-OH is 1. The van der Waals surface area contributed by atoms with Gasteiger partial charge in [0.05, 0.1) is 39.1 Å². The highest BCUT2D eigenvalue weighted by molar-refractivity contribution is 5.16. The summed E-state index contributed by atoms with van der Waals surface area (Å²) in [5.74, 6) is 0. The Hall–Kier alpha value is -3.36. The molecule has 1 saturated heterocycles. The second-order valence-corrected chi connectivity index (χ2v) is 10.7. The summed E-state index contributed by atoms with van der Waals surface area (Å²) in [6.45, 7) is 3.53. The van der Waals surface area contributed by atoms with Crippen molar-refractivity contribution in [1.82, 2.24) is 0 Å². The van der Waals surface area contributed by atoms with E-state index in [1.807, 2.05) is 121 Å². The molecule has 1 heterocycles. The van der Waals surface area contributed by atoms with Crippen LogP contribution in [0.2, 0.25) is 0 Å². The lowest BCUT2D eigenvalue weighted by molar-refractivity contribution is -0.285. The molecule has 1 N–H and O–H groups in total. The Morgan fingerprint density at radius 1 is 0.548 bits per heavy atom. The van der Waals surface area contributed by atoms with Gasteiger partial charge in [0, 0.05) is 0 Å². The molecule has 0 amide bonds. The third-order valence-electron chi connectivity index (χ3n) is 7.39. The van der Waals surface area contributed by atoms with Crippen LogP contribution >= 0.6 is 0 Å². The van der Waals surface area contributed by atoms with E-state index in [4.69, 9.17) is 23.7 Å². The molecule has 0 bridgehead atoms. The maximum Gasteiger partial charge on any atom is 0.116 e. The van der Waals surface area contributed by atoms with Crippen LogP contribution in [0.3, 0.4) is 0 Å². The zero-order valence-corrected chi connectivity index (χ0v) is 24.0. The summed E-state index contributed by atoms with van der Waals surface area (Å²) >= 11 is 0. The van der Waals surface area contributed by atoms with E-state index in [1.165, 1.54) is 0 Å². The highest BCUT2D eigenvalue weighted by Crippen LogP contribution is 2.32. The summed E-state index contributed by atoms with van der Waals surface area (Å²) in [5, 5.41) is 10.9. The first-order valence-electron chi connectivity index (χ1n) is 14.6. The van der Waals surface area contributed by atoms with Gasteiger partial charge in [-0.2, -0.15) is 0 Å². The van der Waals surface area contributed by atoms with E-state index in [0.29, 0.717) is 26.4 Å². The van der Waals surface area contributed by atoms with E-state index in [9.17, 15) is 5.11 Å². The lowest BCUT2D eigenvalue weighted by atomic mass is 9.91. The molecule has 1 aliphatic heterocycles. The first-order valence-corrected chi connectivity index (χ1v) is 14.6. The fraction of sp³-hybridized carbons (Fsp3) is 0.333. The minimum atomic E-state index is -0.805. The van der Waals surface area contributed by atoms with Crippen LogP contribution in [0.15, 0.2) is 121 Å². The molecular weight excluding hydrogens is 528 g/mol. The summed E-state index contributed by atoms with van der Waals surface area (Å²) in [4.78, 5) is 0. The lowest BCUT2D eigenvalue weighted by Crippen LogP contribution is -2.63. The van der Waals surface area contributed by atoms with Gasteiger partial charge in [-0.05, 0) is 29.2 Å². The van der Waals surface area contributed by atoms with Crippen LogP contribution in [0.25, 0.3) is 0 Å². The molecule has 220 valence electrons. The van der Waals surface area contributed by atoms with Gasteiger partial charge in [0.25, 0.3) is 0 Å². The zero-order valence-electron chi connectivity index (χ0n) is 24.0. The molecule has 4 aromatic carbocycles. The van der Waals surface area contributed by atoms with E-state index < -0.39 is 36.6 Å². The van der Waals surface area contributed by atoms with Gasteiger partial charge in [-0.3, -0.25) is 0 Å². The maximum absolute atomic E-state index is 10.9. The molecule has 1 unspecified atom stereocenters. The molecule has 0 aliphatic carbocycles. The minimum absolute atomic E-state index is 0.272. The fourth-order valence-electron chi connectivity index (χ4n) is 5.21. The van der Waals surface area contributed by atoms with E-state index in [-0.39, 0.29) is 6.61 Å². The van der Waals surface area contributed by atoms with E-state index in [0.717, 1.165) is 22.3 Å². The Bertz CT molecular complexity index is 1290. The van der Waals surface area contributed by atoms with Crippen LogP contribution in [0.1, 0.15) is 29.2 Å². The molecule has 0 radical (unpaired) electrons. The number of rotatable bonds is 14. The predicted molar refractivity (Wildman–Crippen MR) is 161 cm³/mol. The van der Waals surface area contributed by atoms with Crippen molar-refractivity contribution in [3.8, 4) is 0 Å². The van der Waals surface area contributed by atoms with Crippen molar-refractivity contribution in [2.24, 2.45) is 0 Å². The Balaban J connectivity index is 1.41. The Labute approximate surface area is 248 Å². The molecule has 0 aromatic heterocycles. The molecular formula is C36H40O6. The van der Waals surface area contributed by atoms with Crippen LogP contribution in [0, 0.1) is 0 Å². The van der Waals surface area contributed by atoms with E-state index in [1.54, 1.807) is 6.92 Å². The largest absolute Gasteiger partial charge is 0.391 e. The average Bonchev–Trinajstić information content (AvgIpc) is 3.04. The molecule has 0 saturated carbocycles. The highest BCUT2D eigenvalue weighted by Gasteiger charge is 2.49. The molecule has 1 fully saturated rings. The van der Waals surface area contributed by atoms with Gasteiger partial charge in [-0.15, -0.1) is 0 Å². The molecule has 5 rings (SSSR count). The number of ether oxygens (including phenoxy) is 5. The van der Waals surface area contributed by atoms with Gasteiger partial charge < -0.3 is 28.8 Å². The van der Waals surface area contributed by atoms with Crippen LogP contribution in [0.4, 0.5) is 0 Å². The zero-order chi connectivity index (χ0) is 29.0. The van der Waals surface area contributed by atoms with Crippen LogP contribution in [0.5, 0.6) is 0 Å².